The average molecular weight is 479 g/mol. The molecule has 1 aliphatic carbocycles. The van der Waals surface area contributed by atoms with E-state index < -0.39 is 0 Å². The second kappa shape index (κ2) is 7.39. The van der Waals surface area contributed by atoms with Crippen LogP contribution in [-0.2, 0) is 18.6 Å². The summed E-state index contributed by atoms with van der Waals surface area (Å²) in [6.07, 6.45) is 3.66. The molecule has 1 fully saturated rings. The van der Waals surface area contributed by atoms with Gasteiger partial charge in [-0.15, -0.1) is 21.5 Å². The van der Waals surface area contributed by atoms with Crippen molar-refractivity contribution in [2.24, 2.45) is 5.92 Å². The largest absolute Gasteiger partial charge is 0.278 e. The number of anilines is 1. The summed E-state index contributed by atoms with van der Waals surface area (Å²) in [6.45, 7) is 3.07. The number of nitrogens with zero attached hydrogens (tertiary/aromatic N) is 4. The molecule has 30 heavy (non-hydrogen) atoms. The van der Waals surface area contributed by atoms with Gasteiger partial charge in [0.2, 0.25) is 5.95 Å². The van der Waals surface area contributed by atoms with E-state index in [1.807, 2.05) is 29.5 Å². The fourth-order valence-corrected chi connectivity index (χ4v) is 7.64. The van der Waals surface area contributed by atoms with Gasteiger partial charge in [-0.2, -0.15) is 0 Å². The topological polar surface area (TPSA) is 58.0 Å². The van der Waals surface area contributed by atoms with Gasteiger partial charge in [0.1, 0.15) is 11.2 Å². The van der Waals surface area contributed by atoms with E-state index in [2.05, 4.69) is 37.4 Å². The first kappa shape index (κ1) is 19.4. The van der Waals surface area contributed by atoms with Gasteiger partial charge in [-0.25, -0.2) is 9.99 Å². The molecule has 3 aromatic rings. The summed E-state index contributed by atoms with van der Waals surface area (Å²) in [5.74, 6) is 2.19. The molecule has 3 aliphatic rings. The summed E-state index contributed by atoms with van der Waals surface area (Å²) >= 11 is 16.3. The van der Waals surface area contributed by atoms with E-state index in [-0.39, 0.29) is 6.17 Å². The maximum absolute atomic E-state index is 6.38. The molecule has 6 rings (SSSR count). The summed E-state index contributed by atoms with van der Waals surface area (Å²) in [5, 5.41) is 18.3. The SMILES string of the molecule is C[C@@H]1CCc2sc3c(c2C1)C1NCNN1c1nnc(SCc2c(Cl)cccc2Cl)n1-3. The molecule has 2 atom stereocenters. The molecule has 0 spiro atoms. The molecule has 2 N–H and O–H groups in total. The van der Waals surface area contributed by atoms with Crippen molar-refractivity contribution in [1.82, 2.24) is 25.5 Å². The van der Waals surface area contributed by atoms with Crippen LogP contribution in [0, 0.1) is 5.92 Å². The number of nitrogens with one attached hydrogen (secondary N) is 2. The summed E-state index contributed by atoms with van der Waals surface area (Å²) < 4.78 is 2.20. The predicted octanol–water partition coefficient (Wildman–Crippen LogP) is 4.94. The number of hydrogen-bond acceptors (Lipinski definition) is 7. The van der Waals surface area contributed by atoms with E-state index in [4.69, 9.17) is 23.2 Å². The van der Waals surface area contributed by atoms with E-state index in [0.717, 1.165) is 42.1 Å². The Morgan fingerprint density at radius 2 is 2.10 bits per heavy atom. The number of rotatable bonds is 3. The zero-order valence-corrected chi connectivity index (χ0v) is 19.4. The summed E-state index contributed by atoms with van der Waals surface area (Å²) in [5.41, 5.74) is 7.25. The Balaban J connectivity index is 1.43. The Morgan fingerprint density at radius 1 is 1.27 bits per heavy atom. The fraction of sp³-hybridized carbons (Fsp3) is 0.400. The van der Waals surface area contributed by atoms with Crippen molar-refractivity contribution >= 4 is 52.2 Å². The van der Waals surface area contributed by atoms with E-state index >= 15 is 0 Å². The molecular weight excluding hydrogens is 459 g/mol. The smallest absolute Gasteiger partial charge is 0.249 e. The van der Waals surface area contributed by atoms with Crippen molar-refractivity contribution in [2.45, 2.75) is 43.3 Å². The molecule has 1 aromatic carbocycles. The zero-order valence-electron chi connectivity index (χ0n) is 16.3. The number of aryl methyl sites for hydroxylation is 1. The lowest BCUT2D eigenvalue weighted by Gasteiger charge is -2.31. The van der Waals surface area contributed by atoms with Crippen molar-refractivity contribution in [3.63, 3.8) is 0 Å². The molecule has 0 saturated carbocycles. The average Bonchev–Trinajstić information content (AvgIpc) is 3.43. The molecule has 156 valence electrons. The van der Waals surface area contributed by atoms with Crippen LogP contribution >= 0.6 is 46.3 Å². The minimum atomic E-state index is 0.109. The van der Waals surface area contributed by atoms with Crippen LogP contribution in [0.3, 0.4) is 0 Å². The summed E-state index contributed by atoms with van der Waals surface area (Å²) in [6, 6.07) is 5.62. The molecule has 2 aromatic heterocycles. The maximum atomic E-state index is 6.38. The first-order valence-corrected chi connectivity index (χ1v) is 12.6. The summed E-state index contributed by atoms with van der Waals surface area (Å²) in [4.78, 5) is 1.51. The van der Waals surface area contributed by atoms with Crippen molar-refractivity contribution in [3.8, 4) is 5.00 Å². The van der Waals surface area contributed by atoms with Gasteiger partial charge in [0.05, 0.1) is 6.67 Å². The van der Waals surface area contributed by atoms with Crippen LogP contribution in [0.5, 0.6) is 0 Å². The van der Waals surface area contributed by atoms with Crippen LogP contribution in [0.4, 0.5) is 5.95 Å². The lowest BCUT2D eigenvalue weighted by atomic mass is 9.87. The Hall–Kier alpha value is -1.29. The number of halogens is 2. The molecule has 1 unspecified atom stereocenters. The van der Waals surface area contributed by atoms with Crippen LogP contribution < -0.4 is 15.8 Å². The third-order valence-corrected chi connectivity index (χ3v) is 9.00. The molecule has 4 heterocycles. The van der Waals surface area contributed by atoms with Crippen LogP contribution in [0.1, 0.15) is 41.1 Å². The van der Waals surface area contributed by atoms with E-state index in [0.29, 0.717) is 15.8 Å². The van der Waals surface area contributed by atoms with Crippen molar-refractivity contribution in [1.29, 1.82) is 0 Å². The van der Waals surface area contributed by atoms with E-state index in [1.165, 1.54) is 27.4 Å². The van der Waals surface area contributed by atoms with Crippen molar-refractivity contribution in [2.75, 3.05) is 11.7 Å². The minimum Gasteiger partial charge on any atom is -0.278 e. The Kier molecular flexibility index (Phi) is 4.78. The molecule has 1 saturated heterocycles. The standard InChI is InChI=1S/C20H20Cl2N6S2/c1-10-5-6-15-11(7-10)16-17-23-9-24-28(17)19-25-26-20(27(19)18(16)30-15)29-8-12-13(21)3-2-4-14(12)22/h2-4,10,17,23-24H,5-9H2,1H3/t10-,17?/m1/s1. The number of thioether (sulfide) groups is 1. The second-order valence-electron chi connectivity index (χ2n) is 7.99. The van der Waals surface area contributed by atoms with Gasteiger partial charge in [-0.3, -0.25) is 10.3 Å². The first-order chi connectivity index (χ1) is 14.6. The van der Waals surface area contributed by atoms with Gasteiger partial charge >= 0.3 is 0 Å². The van der Waals surface area contributed by atoms with E-state index in [1.54, 1.807) is 11.8 Å². The number of fused-ring (bicyclic) bond motifs is 8. The Bertz CT molecular complexity index is 1120. The maximum Gasteiger partial charge on any atom is 0.249 e. The lowest BCUT2D eigenvalue weighted by Crippen LogP contribution is -2.39. The van der Waals surface area contributed by atoms with Gasteiger partial charge in [-0.1, -0.05) is 48.0 Å². The quantitative estimate of drug-likeness (QED) is 0.520. The Morgan fingerprint density at radius 3 is 2.93 bits per heavy atom. The van der Waals surface area contributed by atoms with Gasteiger partial charge in [-0.05, 0) is 48.4 Å². The fourth-order valence-electron chi connectivity index (χ4n) is 4.54. The van der Waals surface area contributed by atoms with Crippen molar-refractivity contribution in [3.05, 3.63) is 49.8 Å². The van der Waals surface area contributed by atoms with E-state index in [9.17, 15) is 0 Å². The number of hydrogen-bond donors (Lipinski definition) is 2. The highest BCUT2D eigenvalue weighted by Gasteiger charge is 2.42. The van der Waals surface area contributed by atoms with Crippen LogP contribution in [0.2, 0.25) is 10.0 Å². The lowest BCUT2D eigenvalue weighted by molar-refractivity contribution is 0.495. The Labute approximate surface area is 192 Å². The highest BCUT2D eigenvalue weighted by Crippen LogP contribution is 2.48. The minimum absolute atomic E-state index is 0.109. The number of benzene rings is 1. The summed E-state index contributed by atoms with van der Waals surface area (Å²) in [7, 11) is 0. The normalized spacial score (nSPS) is 21.9. The molecule has 2 aliphatic heterocycles. The first-order valence-electron chi connectivity index (χ1n) is 10.0. The predicted molar refractivity (Wildman–Crippen MR) is 123 cm³/mol. The molecule has 0 bridgehead atoms. The molecule has 6 nitrogen and oxygen atoms in total. The molecule has 0 amide bonds. The van der Waals surface area contributed by atoms with Crippen molar-refractivity contribution < 1.29 is 0 Å². The van der Waals surface area contributed by atoms with Crippen LogP contribution in [-0.4, -0.2) is 21.4 Å². The van der Waals surface area contributed by atoms with Gasteiger partial charge in [0.15, 0.2) is 5.16 Å². The van der Waals surface area contributed by atoms with Crippen LogP contribution in [0.25, 0.3) is 5.00 Å². The van der Waals surface area contributed by atoms with Gasteiger partial charge in [0.25, 0.3) is 0 Å². The third kappa shape index (κ3) is 2.92. The molecule has 0 radical (unpaired) electrons. The number of hydrazine groups is 1. The monoisotopic (exact) mass is 478 g/mol. The second-order valence-corrected chi connectivity index (χ2v) is 10.8. The highest BCUT2D eigenvalue weighted by molar-refractivity contribution is 7.98. The molecule has 10 heteroatoms. The zero-order chi connectivity index (χ0) is 20.4. The number of aromatic nitrogens is 3. The number of thiophene rings is 1. The third-order valence-electron chi connectivity index (χ3n) is 6.05. The van der Waals surface area contributed by atoms with Gasteiger partial charge in [0, 0.05) is 26.2 Å². The van der Waals surface area contributed by atoms with Crippen LogP contribution in [0.15, 0.2) is 23.4 Å². The highest BCUT2D eigenvalue weighted by atomic mass is 35.5. The molecular formula is C20H20Cl2N6S2. The van der Waals surface area contributed by atoms with Gasteiger partial charge < -0.3 is 0 Å².